The van der Waals surface area contributed by atoms with Crippen LogP contribution in [0.3, 0.4) is 0 Å². The van der Waals surface area contributed by atoms with Gasteiger partial charge in [0.2, 0.25) is 11.8 Å². The molecule has 11 nitrogen and oxygen atoms in total. The first-order chi connectivity index (χ1) is 19.2. The van der Waals surface area contributed by atoms with Crippen LogP contribution in [-0.2, 0) is 19.2 Å². The first-order valence-corrected chi connectivity index (χ1v) is 15.6. The molecule has 3 atom stereocenters. The minimum absolute atomic E-state index is 0.0354. The molecule has 1 aromatic carbocycles. The Bertz CT molecular complexity index is 1310. The van der Waals surface area contributed by atoms with E-state index in [1.165, 1.54) is 46.9 Å². The Balaban J connectivity index is 1.27. The van der Waals surface area contributed by atoms with Crippen LogP contribution in [0.15, 0.2) is 52.9 Å². The van der Waals surface area contributed by atoms with Crippen molar-refractivity contribution in [2.45, 2.75) is 37.6 Å². The van der Waals surface area contributed by atoms with E-state index in [9.17, 15) is 24.3 Å². The number of aliphatic carboxylic acids is 2. The Morgan fingerprint density at radius 1 is 1.18 bits per heavy atom. The number of hydrogen-bond donors (Lipinski definition) is 2. The van der Waals surface area contributed by atoms with Gasteiger partial charge in [-0.3, -0.25) is 24.1 Å². The lowest BCUT2D eigenvalue weighted by Crippen LogP contribution is -2.74. The topological polar surface area (TPSA) is 134 Å². The van der Waals surface area contributed by atoms with Crippen LogP contribution in [0.25, 0.3) is 0 Å². The molecule has 0 saturated carbocycles. The highest BCUT2D eigenvalue weighted by Crippen LogP contribution is 2.47. The Hall–Kier alpha value is -3.23. The number of carboxylic acids is 2. The second-order valence-corrected chi connectivity index (χ2v) is 12.8. The fourth-order valence-corrected chi connectivity index (χ4v) is 8.57. The maximum absolute atomic E-state index is 13.2. The van der Waals surface area contributed by atoms with Crippen LogP contribution in [0, 0.1) is 5.41 Å². The number of rotatable bonds is 11. The van der Waals surface area contributed by atoms with Crippen molar-refractivity contribution < 1.29 is 29.4 Å². The third-order valence-corrected chi connectivity index (χ3v) is 10.7. The van der Waals surface area contributed by atoms with E-state index >= 15 is 0 Å². The van der Waals surface area contributed by atoms with Gasteiger partial charge in [0, 0.05) is 43.5 Å². The van der Waals surface area contributed by atoms with Crippen LogP contribution in [0.1, 0.15) is 26.2 Å². The number of carboxylic acid groups (broad SMARTS) is 2. The molecule has 0 spiro atoms. The first-order valence-electron chi connectivity index (χ1n) is 12.7. The van der Waals surface area contributed by atoms with E-state index in [4.69, 9.17) is 5.11 Å². The molecule has 5 rings (SSSR count). The number of hydrazone groups is 1. The number of thioether (sulfide) groups is 1. The summed E-state index contributed by atoms with van der Waals surface area (Å²) < 4.78 is 1.74. The van der Waals surface area contributed by atoms with Crippen molar-refractivity contribution in [3.63, 3.8) is 0 Å². The van der Waals surface area contributed by atoms with Crippen molar-refractivity contribution in [1.29, 1.82) is 0 Å². The van der Waals surface area contributed by atoms with Crippen LogP contribution in [-0.4, -0.2) is 85.3 Å². The zero-order chi connectivity index (χ0) is 28.4. The van der Waals surface area contributed by atoms with Crippen LogP contribution in [0.5, 0.6) is 0 Å². The van der Waals surface area contributed by atoms with E-state index < -0.39 is 23.4 Å². The summed E-state index contributed by atoms with van der Waals surface area (Å²) in [6, 6.07) is 12.6. The number of amides is 2. The smallest absolute Gasteiger partial charge is 0.313 e. The van der Waals surface area contributed by atoms with Crippen molar-refractivity contribution in [2.75, 3.05) is 34.5 Å². The summed E-state index contributed by atoms with van der Waals surface area (Å²) in [5.41, 5.74) is -0.267. The largest absolute Gasteiger partial charge is 0.481 e. The Labute approximate surface area is 243 Å². The molecule has 2 unspecified atom stereocenters. The average molecular weight is 604 g/mol. The second kappa shape index (κ2) is 11.7. The molecule has 40 heavy (non-hydrogen) atoms. The highest BCUT2D eigenvalue weighted by atomic mass is 32.2. The summed E-state index contributed by atoms with van der Waals surface area (Å²) in [4.78, 5) is 54.4. The maximum Gasteiger partial charge on any atom is 0.313 e. The number of para-hydroxylation sites is 1. The molecule has 2 amide bonds. The molecule has 0 aliphatic carbocycles. The summed E-state index contributed by atoms with van der Waals surface area (Å²) in [6.45, 7) is 1.89. The van der Waals surface area contributed by atoms with Crippen molar-refractivity contribution >= 4 is 75.3 Å². The standard InChI is InChI=1S/C26H29N5O6S3/c1-17(32)31(20-10-6-12-38-20)22-23(35)28-13-26(25(36)37,14-39-24(22)28)15-40-30-16-29(18-7-3-2-4-8-18)19(27-30)9-5-11-21(33)34/h2-4,6-8,10,12,22,24H,5,9,11,13-16H2,1H3,(H,33,34)(H,36,37)/t22?,24-,26?/m1/s1. The third-order valence-electron chi connectivity index (χ3n) is 7.08. The molecule has 14 heteroatoms. The van der Waals surface area contributed by atoms with E-state index in [1.54, 1.807) is 15.4 Å². The van der Waals surface area contributed by atoms with Crippen molar-refractivity contribution in [3.05, 3.63) is 47.8 Å². The molecule has 2 N–H and O–H groups in total. The summed E-state index contributed by atoms with van der Waals surface area (Å²) >= 11 is 4.08. The van der Waals surface area contributed by atoms with E-state index in [0.29, 0.717) is 30.3 Å². The van der Waals surface area contributed by atoms with E-state index in [1.807, 2.05) is 46.7 Å². The molecule has 3 aliphatic heterocycles. The molecular weight excluding hydrogens is 575 g/mol. The molecule has 4 heterocycles. The maximum atomic E-state index is 13.2. The molecule has 0 radical (unpaired) electrons. The van der Waals surface area contributed by atoms with Crippen LogP contribution < -0.4 is 9.80 Å². The monoisotopic (exact) mass is 603 g/mol. The van der Waals surface area contributed by atoms with Crippen molar-refractivity contribution in [1.82, 2.24) is 9.31 Å². The highest BCUT2D eigenvalue weighted by Gasteiger charge is 2.59. The van der Waals surface area contributed by atoms with Gasteiger partial charge >= 0.3 is 11.9 Å². The van der Waals surface area contributed by atoms with Gasteiger partial charge in [0.1, 0.15) is 29.3 Å². The lowest BCUT2D eigenvalue weighted by atomic mass is 9.89. The van der Waals surface area contributed by atoms with E-state index in [0.717, 1.165) is 11.5 Å². The lowest BCUT2D eigenvalue weighted by molar-refractivity contribution is -0.156. The molecule has 2 fully saturated rings. The van der Waals surface area contributed by atoms with Gasteiger partial charge in [-0.1, -0.05) is 18.2 Å². The van der Waals surface area contributed by atoms with Gasteiger partial charge in [-0.05, 0) is 48.0 Å². The minimum atomic E-state index is -1.18. The Morgan fingerprint density at radius 2 is 1.95 bits per heavy atom. The number of amidine groups is 1. The van der Waals surface area contributed by atoms with Crippen LogP contribution in [0.4, 0.5) is 10.7 Å². The number of thiophene rings is 1. The van der Waals surface area contributed by atoms with Crippen molar-refractivity contribution in [3.8, 4) is 0 Å². The molecule has 212 valence electrons. The third kappa shape index (κ3) is 5.52. The SMILES string of the molecule is CC(=O)N(c1cccs1)C1C(=O)N2CC(CSN3CN(c4ccccc4)C(CCCC(=O)O)=N3)(C(=O)O)CS[C@H]12. The highest BCUT2D eigenvalue weighted by molar-refractivity contribution is 8.00. The molecule has 1 aromatic heterocycles. The quantitative estimate of drug-likeness (QED) is 0.291. The predicted octanol–water partition coefficient (Wildman–Crippen LogP) is 3.45. The van der Waals surface area contributed by atoms with Gasteiger partial charge in [0.25, 0.3) is 0 Å². The molecular formula is C26H29N5O6S3. The second-order valence-electron chi connectivity index (χ2n) is 9.83. The molecule has 3 aliphatic rings. The van der Waals surface area contributed by atoms with E-state index in [-0.39, 0.29) is 35.9 Å². The number of anilines is 2. The van der Waals surface area contributed by atoms with Gasteiger partial charge in [0.05, 0.1) is 5.00 Å². The van der Waals surface area contributed by atoms with Gasteiger partial charge < -0.3 is 20.0 Å². The Kier molecular flexibility index (Phi) is 8.29. The summed E-state index contributed by atoms with van der Waals surface area (Å²) in [5.74, 6) is -1.09. The Morgan fingerprint density at radius 3 is 2.60 bits per heavy atom. The van der Waals surface area contributed by atoms with Crippen LogP contribution in [0.2, 0.25) is 0 Å². The van der Waals surface area contributed by atoms with Gasteiger partial charge in [-0.25, -0.2) is 4.41 Å². The summed E-state index contributed by atoms with van der Waals surface area (Å²) in [5, 5.41) is 26.3. The fraction of sp³-hybridized carbons (Fsp3) is 0.423. The summed E-state index contributed by atoms with van der Waals surface area (Å²) in [7, 11) is 0. The number of carbonyl (C=O) groups is 4. The van der Waals surface area contributed by atoms with Gasteiger partial charge in [0.15, 0.2) is 0 Å². The number of nitrogens with zero attached hydrogens (tertiary/aromatic N) is 5. The molecule has 2 saturated heterocycles. The molecule has 0 bridgehead atoms. The van der Waals surface area contributed by atoms with Crippen molar-refractivity contribution in [2.24, 2.45) is 10.5 Å². The lowest BCUT2D eigenvalue weighted by Gasteiger charge is -2.55. The number of β-lactam (4-membered cyclic amide) rings is 1. The van der Waals surface area contributed by atoms with Gasteiger partial charge in [-0.15, -0.1) is 23.1 Å². The first kappa shape index (κ1) is 28.3. The van der Waals surface area contributed by atoms with Gasteiger partial charge in [-0.2, -0.15) is 5.10 Å². The van der Waals surface area contributed by atoms with Crippen LogP contribution >= 0.6 is 35.0 Å². The molecule has 2 aromatic rings. The summed E-state index contributed by atoms with van der Waals surface area (Å²) in [6.07, 6.45) is 0.947. The number of benzene rings is 1. The average Bonchev–Trinajstić information content (AvgIpc) is 3.61. The minimum Gasteiger partial charge on any atom is -0.481 e. The number of carbonyl (C=O) groups excluding carboxylic acids is 2. The zero-order valence-corrected chi connectivity index (χ0v) is 24.2. The zero-order valence-electron chi connectivity index (χ0n) is 21.7. The fourth-order valence-electron chi connectivity index (χ4n) is 4.99. The normalized spacial score (nSPS) is 23.9. The number of hydrogen-bond acceptors (Lipinski definition) is 10. The number of fused-ring (bicyclic) bond motifs is 1. The van der Waals surface area contributed by atoms with E-state index in [2.05, 4.69) is 5.10 Å². The predicted molar refractivity (Wildman–Crippen MR) is 156 cm³/mol.